The van der Waals surface area contributed by atoms with Gasteiger partial charge in [0.1, 0.15) is 0 Å². The van der Waals surface area contributed by atoms with E-state index in [0.717, 1.165) is 30.9 Å². The second-order valence-electron chi connectivity index (χ2n) is 5.55. The lowest BCUT2D eigenvalue weighted by molar-refractivity contribution is 0.294. The maximum absolute atomic E-state index is 5.90. The molecule has 0 aromatic carbocycles. The Bertz CT molecular complexity index is 457. The molecule has 0 amide bonds. The van der Waals surface area contributed by atoms with Crippen molar-refractivity contribution in [2.24, 2.45) is 16.6 Å². The Morgan fingerprint density at radius 1 is 1.52 bits per heavy atom. The first-order valence-corrected chi connectivity index (χ1v) is 7.90. The van der Waals surface area contributed by atoms with Crippen LogP contribution in [0.4, 0.5) is 0 Å². The molecule has 0 spiro atoms. The highest BCUT2D eigenvalue weighted by Crippen LogP contribution is 2.25. The first-order chi connectivity index (χ1) is 10.3. The Hall–Kier alpha value is -1.78. The van der Waals surface area contributed by atoms with Gasteiger partial charge in [0.15, 0.2) is 5.96 Å². The minimum Gasteiger partial charge on any atom is -0.477 e. The minimum atomic E-state index is 0.499. The lowest BCUT2D eigenvalue weighted by Crippen LogP contribution is -2.37. The van der Waals surface area contributed by atoms with Crippen molar-refractivity contribution in [3.63, 3.8) is 0 Å². The molecule has 0 aliphatic heterocycles. The molecule has 116 valence electrons. The van der Waals surface area contributed by atoms with E-state index >= 15 is 0 Å². The number of pyridine rings is 1. The van der Waals surface area contributed by atoms with Crippen LogP contribution >= 0.6 is 0 Å². The summed E-state index contributed by atoms with van der Waals surface area (Å²) in [7, 11) is 0. The number of nitrogens with zero attached hydrogens (tertiary/aromatic N) is 2. The Morgan fingerprint density at radius 3 is 3.10 bits per heavy atom. The standard InChI is InChI=1S/C16H26N4O/c1-2-3-10-21-15-14(8-5-9-18-15)12-20-16(17)19-11-13-6-4-7-13/h5,8-9,13H,2-4,6-7,10-12H2,1H3,(H3,17,19,20). The van der Waals surface area contributed by atoms with Crippen LogP contribution in [0.25, 0.3) is 0 Å². The van der Waals surface area contributed by atoms with Gasteiger partial charge in [-0.1, -0.05) is 25.8 Å². The number of aromatic nitrogens is 1. The Kier molecular flexibility index (Phi) is 6.31. The molecule has 2 rings (SSSR count). The molecule has 0 atom stereocenters. The third-order valence-electron chi connectivity index (χ3n) is 3.80. The van der Waals surface area contributed by atoms with Gasteiger partial charge in [0.2, 0.25) is 5.88 Å². The van der Waals surface area contributed by atoms with Crippen LogP contribution in [-0.2, 0) is 6.54 Å². The number of unbranched alkanes of at least 4 members (excludes halogenated alkanes) is 1. The van der Waals surface area contributed by atoms with E-state index in [1.165, 1.54) is 19.3 Å². The highest BCUT2D eigenvalue weighted by molar-refractivity contribution is 5.77. The quantitative estimate of drug-likeness (QED) is 0.438. The zero-order valence-corrected chi connectivity index (χ0v) is 12.8. The molecule has 3 N–H and O–H groups in total. The van der Waals surface area contributed by atoms with E-state index in [1.54, 1.807) is 6.20 Å². The molecule has 5 heteroatoms. The van der Waals surface area contributed by atoms with Gasteiger partial charge in [-0.25, -0.2) is 9.98 Å². The first-order valence-electron chi connectivity index (χ1n) is 7.90. The number of nitrogens with two attached hydrogens (primary N) is 1. The highest BCUT2D eigenvalue weighted by Gasteiger charge is 2.16. The summed E-state index contributed by atoms with van der Waals surface area (Å²) in [6.45, 7) is 4.27. The van der Waals surface area contributed by atoms with Gasteiger partial charge >= 0.3 is 0 Å². The largest absolute Gasteiger partial charge is 0.477 e. The first kappa shape index (κ1) is 15.6. The smallest absolute Gasteiger partial charge is 0.218 e. The van der Waals surface area contributed by atoms with E-state index < -0.39 is 0 Å². The number of hydrogen-bond donors (Lipinski definition) is 2. The number of ether oxygens (including phenoxy) is 1. The summed E-state index contributed by atoms with van der Waals surface area (Å²) in [6, 6.07) is 3.88. The van der Waals surface area contributed by atoms with Gasteiger partial charge in [-0.3, -0.25) is 0 Å². The minimum absolute atomic E-state index is 0.499. The number of guanidine groups is 1. The molecule has 1 aromatic heterocycles. The van der Waals surface area contributed by atoms with E-state index in [0.29, 0.717) is 25.0 Å². The summed E-state index contributed by atoms with van der Waals surface area (Å²) in [4.78, 5) is 8.65. The number of nitrogens with one attached hydrogen (secondary N) is 1. The van der Waals surface area contributed by atoms with Gasteiger partial charge in [-0.05, 0) is 31.2 Å². The fourth-order valence-corrected chi connectivity index (χ4v) is 2.16. The summed E-state index contributed by atoms with van der Waals surface area (Å²) in [5.74, 6) is 1.94. The van der Waals surface area contributed by atoms with E-state index in [9.17, 15) is 0 Å². The average molecular weight is 290 g/mol. The lowest BCUT2D eigenvalue weighted by Gasteiger charge is -2.25. The van der Waals surface area contributed by atoms with E-state index in [4.69, 9.17) is 10.5 Å². The van der Waals surface area contributed by atoms with Crippen molar-refractivity contribution in [2.45, 2.75) is 45.6 Å². The molecule has 1 fully saturated rings. The summed E-state index contributed by atoms with van der Waals surface area (Å²) >= 11 is 0. The summed E-state index contributed by atoms with van der Waals surface area (Å²) in [5.41, 5.74) is 6.87. The van der Waals surface area contributed by atoms with Crippen molar-refractivity contribution >= 4 is 5.96 Å². The van der Waals surface area contributed by atoms with Gasteiger partial charge in [-0.2, -0.15) is 0 Å². The van der Waals surface area contributed by atoms with Crippen molar-refractivity contribution in [3.8, 4) is 5.88 Å². The zero-order chi connectivity index (χ0) is 14.9. The second-order valence-corrected chi connectivity index (χ2v) is 5.55. The van der Waals surface area contributed by atoms with Crippen LogP contribution in [0, 0.1) is 5.92 Å². The molecular formula is C16H26N4O. The highest BCUT2D eigenvalue weighted by atomic mass is 16.5. The third kappa shape index (κ3) is 5.25. The van der Waals surface area contributed by atoms with Crippen molar-refractivity contribution in [1.82, 2.24) is 10.3 Å². The van der Waals surface area contributed by atoms with E-state index in [2.05, 4.69) is 22.2 Å². The summed E-state index contributed by atoms with van der Waals surface area (Å²) in [6.07, 6.45) is 7.84. The monoisotopic (exact) mass is 290 g/mol. The molecule has 1 heterocycles. The van der Waals surface area contributed by atoms with Crippen LogP contribution in [-0.4, -0.2) is 24.1 Å². The van der Waals surface area contributed by atoms with Gasteiger partial charge in [0.25, 0.3) is 0 Å². The summed E-state index contributed by atoms with van der Waals surface area (Å²) < 4.78 is 5.69. The molecule has 1 aromatic rings. The van der Waals surface area contributed by atoms with Crippen molar-refractivity contribution in [2.75, 3.05) is 13.2 Å². The lowest BCUT2D eigenvalue weighted by atomic mass is 9.85. The third-order valence-corrected chi connectivity index (χ3v) is 3.80. The van der Waals surface area contributed by atoms with Crippen LogP contribution in [0.15, 0.2) is 23.3 Å². The molecule has 0 radical (unpaired) electrons. The molecule has 1 aliphatic rings. The topological polar surface area (TPSA) is 72.5 Å². The predicted octanol–water partition coefficient (Wildman–Crippen LogP) is 2.46. The van der Waals surface area contributed by atoms with Crippen LogP contribution in [0.3, 0.4) is 0 Å². The SMILES string of the molecule is CCCCOc1ncccc1CN=C(N)NCC1CCC1. The van der Waals surface area contributed by atoms with Crippen molar-refractivity contribution in [1.29, 1.82) is 0 Å². The van der Waals surface area contributed by atoms with Gasteiger partial charge in [0, 0.05) is 18.3 Å². The maximum Gasteiger partial charge on any atom is 0.218 e. The van der Waals surface area contributed by atoms with Gasteiger partial charge in [-0.15, -0.1) is 0 Å². The van der Waals surface area contributed by atoms with Gasteiger partial charge < -0.3 is 15.8 Å². The van der Waals surface area contributed by atoms with Crippen molar-refractivity contribution in [3.05, 3.63) is 23.9 Å². The van der Waals surface area contributed by atoms with E-state index in [1.807, 2.05) is 12.1 Å². The molecule has 5 nitrogen and oxygen atoms in total. The van der Waals surface area contributed by atoms with Crippen LogP contribution in [0.5, 0.6) is 5.88 Å². The van der Waals surface area contributed by atoms with Crippen LogP contribution in [0.2, 0.25) is 0 Å². The number of aliphatic imine (C=N–C) groups is 1. The zero-order valence-electron chi connectivity index (χ0n) is 12.8. The Labute approximate surface area is 127 Å². The molecule has 21 heavy (non-hydrogen) atoms. The molecular weight excluding hydrogens is 264 g/mol. The van der Waals surface area contributed by atoms with Gasteiger partial charge in [0.05, 0.1) is 13.2 Å². The molecule has 0 saturated heterocycles. The number of rotatable bonds is 8. The predicted molar refractivity (Wildman–Crippen MR) is 85.3 cm³/mol. The Balaban J connectivity index is 1.82. The molecule has 0 bridgehead atoms. The normalized spacial score (nSPS) is 15.6. The van der Waals surface area contributed by atoms with Crippen molar-refractivity contribution < 1.29 is 4.74 Å². The maximum atomic E-state index is 5.90. The fraction of sp³-hybridized carbons (Fsp3) is 0.625. The molecule has 0 unspecified atom stereocenters. The number of hydrogen-bond acceptors (Lipinski definition) is 3. The van der Waals surface area contributed by atoms with Crippen LogP contribution < -0.4 is 15.8 Å². The molecule has 1 aliphatic carbocycles. The Morgan fingerprint density at radius 2 is 2.38 bits per heavy atom. The fourth-order valence-electron chi connectivity index (χ4n) is 2.16. The van der Waals surface area contributed by atoms with E-state index in [-0.39, 0.29) is 0 Å². The summed E-state index contributed by atoms with van der Waals surface area (Å²) in [5, 5.41) is 3.19. The average Bonchev–Trinajstić information content (AvgIpc) is 2.45. The molecule has 1 saturated carbocycles. The second kappa shape index (κ2) is 8.49. The van der Waals surface area contributed by atoms with Crippen LogP contribution in [0.1, 0.15) is 44.6 Å².